The number of aliphatic carboxylic acids is 1. The number of carbonyl (C=O) groups is 1. The Morgan fingerprint density at radius 2 is 2.20 bits per heavy atom. The van der Waals surface area contributed by atoms with E-state index in [4.69, 9.17) is 4.74 Å². The highest BCUT2D eigenvalue weighted by Gasteiger charge is 2.24. The summed E-state index contributed by atoms with van der Waals surface area (Å²) in [6, 6.07) is 7.72. The van der Waals surface area contributed by atoms with Crippen molar-refractivity contribution in [2.45, 2.75) is 38.8 Å². The first-order valence-electron chi connectivity index (χ1n) is 7.23. The van der Waals surface area contributed by atoms with Gasteiger partial charge in [-0.2, -0.15) is 0 Å². The first-order chi connectivity index (χ1) is 9.58. The molecule has 0 amide bonds. The third-order valence-corrected chi connectivity index (χ3v) is 3.65. The van der Waals surface area contributed by atoms with E-state index in [-0.39, 0.29) is 6.10 Å². The lowest BCUT2D eigenvalue weighted by Crippen LogP contribution is -2.41. The average Bonchev–Trinajstić information content (AvgIpc) is 2.42. The summed E-state index contributed by atoms with van der Waals surface area (Å²) >= 11 is 0. The van der Waals surface area contributed by atoms with Crippen molar-refractivity contribution in [3.63, 3.8) is 0 Å². The summed E-state index contributed by atoms with van der Waals surface area (Å²) in [4.78, 5) is 11.2. The van der Waals surface area contributed by atoms with Gasteiger partial charge in [0.2, 0.25) is 0 Å². The van der Waals surface area contributed by atoms with Gasteiger partial charge < -0.3 is 15.2 Å². The molecule has 2 atom stereocenters. The molecule has 0 radical (unpaired) electrons. The fourth-order valence-electron chi connectivity index (χ4n) is 2.64. The third-order valence-electron chi connectivity index (χ3n) is 3.65. The summed E-state index contributed by atoms with van der Waals surface area (Å²) in [7, 11) is 0. The summed E-state index contributed by atoms with van der Waals surface area (Å²) in [5.41, 5.74) is 2.49. The number of ether oxygens (including phenoxy) is 1. The van der Waals surface area contributed by atoms with Gasteiger partial charge in [-0.25, -0.2) is 0 Å². The molecule has 1 aliphatic heterocycles. The minimum atomic E-state index is -0.789. The molecule has 0 saturated carbocycles. The SMILES string of the molecule is CC(C)CC(NCC1OCCc2ccccc21)C(=O)O. The van der Waals surface area contributed by atoms with E-state index in [9.17, 15) is 9.90 Å². The van der Waals surface area contributed by atoms with Crippen LogP contribution in [0.5, 0.6) is 0 Å². The molecule has 0 saturated heterocycles. The first kappa shape index (κ1) is 15.0. The van der Waals surface area contributed by atoms with Crippen molar-refractivity contribution in [2.24, 2.45) is 5.92 Å². The number of hydrogen-bond donors (Lipinski definition) is 2. The number of benzene rings is 1. The second-order valence-electron chi connectivity index (χ2n) is 5.74. The lowest BCUT2D eigenvalue weighted by molar-refractivity contribution is -0.140. The molecule has 2 unspecified atom stereocenters. The maximum atomic E-state index is 11.2. The Morgan fingerprint density at radius 1 is 1.45 bits per heavy atom. The zero-order valence-electron chi connectivity index (χ0n) is 12.1. The average molecular weight is 277 g/mol. The molecule has 1 aliphatic rings. The topological polar surface area (TPSA) is 58.6 Å². The monoisotopic (exact) mass is 277 g/mol. The van der Waals surface area contributed by atoms with Crippen LogP contribution in [0.2, 0.25) is 0 Å². The number of nitrogens with one attached hydrogen (secondary N) is 1. The predicted octanol–water partition coefficient (Wildman–Crippen LogP) is 2.39. The van der Waals surface area contributed by atoms with Crippen LogP contribution in [0.15, 0.2) is 24.3 Å². The summed E-state index contributed by atoms with van der Waals surface area (Å²) in [5, 5.41) is 12.4. The highest BCUT2D eigenvalue weighted by Crippen LogP contribution is 2.26. The second kappa shape index (κ2) is 6.86. The molecule has 1 aromatic carbocycles. The van der Waals surface area contributed by atoms with Crippen molar-refractivity contribution < 1.29 is 14.6 Å². The van der Waals surface area contributed by atoms with Gasteiger partial charge in [-0.05, 0) is 29.9 Å². The Labute approximate surface area is 120 Å². The third kappa shape index (κ3) is 3.81. The van der Waals surface area contributed by atoms with E-state index < -0.39 is 12.0 Å². The molecule has 0 fully saturated rings. The molecule has 0 aliphatic carbocycles. The maximum Gasteiger partial charge on any atom is 0.320 e. The molecule has 4 nitrogen and oxygen atoms in total. The van der Waals surface area contributed by atoms with Gasteiger partial charge in [-0.3, -0.25) is 4.79 Å². The van der Waals surface area contributed by atoms with Crippen molar-refractivity contribution in [3.05, 3.63) is 35.4 Å². The van der Waals surface area contributed by atoms with Crippen molar-refractivity contribution in [1.82, 2.24) is 5.32 Å². The van der Waals surface area contributed by atoms with Gasteiger partial charge in [0.1, 0.15) is 6.04 Å². The van der Waals surface area contributed by atoms with E-state index >= 15 is 0 Å². The van der Waals surface area contributed by atoms with Crippen molar-refractivity contribution in [1.29, 1.82) is 0 Å². The zero-order chi connectivity index (χ0) is 14.5. The standard InChI is InChI=1S/C16H23NO3/c1-11(2)9-14(16(18)19)17-10-15-13-6-4-3-5-12(13)7-8-20-15/h3-6,11,14-15,17H,7-10H2,1-2H3,(H,18,19). The van der Waals surface area contributed by atoms with Crippen molar-refractivity contribution >= 4 is 5.97 Å². The van der Waals surface area contributed by atoms with Crippen molar-refractivity contribution in [3.8, 4) is 0 Å². The van der Waals surface area contributed by atoms with E-state index in [2.05, 4.69) is 17.4 Å². The predicted molar refractivity (Wildman–Crippen MR) is 77.7 cm³/mol. The number of carboxylic acid groups (broad SMARTS) is 1. The Balaban J connectivity index is 1.98. The van der Waals surface area contributed by atoms with Crippen LogP contribution < -0.4 is 5.32 Å². The molecule has 1 aromatic rings. The summed E-state index contributed by atoms with van der Waals surface area (Å²) in [6.45, 7) is 5.31. The van der Waals surface area contributed by atoms with Gasteiger partial charge in [0.15, 0.2) is 0 Å². The summed E-state index contributed by atoms with van der Waals surface area (Å²) in [5.74, 6) is -0.439. The van der Waals surface area contributed by atoms with Gasteiger partial charge in [0.25, 0.3) is 0 Å². The van der Waals surface area contributed by atoms with Gasteiger partial charge in [0.05, 0.1) is 12.7 Å². The number of rotatable bonds is 6. The lowest BCUT2D eigenvalue weighted by Gasteiger charge is -2.27. The molecule has 4 heteroatoms. The molecule has 2 N–H and O–H groups in total. The van der Waals surface area contributed by atoms with Crippen LogP contribution in [-0.2, 0) is 16.0 Å². The van der Waals surface area contributed by atoms with Crippen LogP contribution >= 0.6 is 0 Å². The Morgan fingerprint density at radius 3 is 2.90 bits per heavy atom. The molecule has 2 rings (SSSR count). The lowest BCUT2D eigenvalue weighted by atomic mass is 9.97. The summed E-state index contributed by atoms with van der Waals surface area (Å²) in [6.07, 6.45) is 1.51. The van der Waals surface area contributed by atoms with Gasteiger partial charge in [-0.1, -0.05) is 38.1 Å². The van der Waals surface area contributed by atoms with Crippen LogP contribution in [0.1, 0.15) is 37.5 Å². The quantitative estimate of drug-likeness (QED) is 0.838. The fraction of sp³-hybridized carbons (Fsp3) is 0.562. The minimum Gasteiger partial charge on any atom is -0.480 e. The van der Waals surface area contributed by atoms with Crippen LogP contribution in [0.25, 0.3) is 0 Å². The van der Waals surface area contributed by atoms with Crippen LogP contribution in [0, 0.1) is 5.92 Å². The molecule has 20 heavy (non-hydrogen) atoms. The zero-order valence-corrected chi connectivity index (χ0v) is 12.1. The maximum absolute atomic E-state index is 11.2. The first-order valence-corrected chi connectivity index (χ1v) is 7.23. The molecule has 0 aromatic heterocycles. The Hall–Kier alpha value is -1.39. The van der Waals surface area contributed by atoms with E-state index in [1.54, 1.807) is 0 Å². The summed E-state index contributed by atoms with van der Waals surface area (Å²) < 4.78 is 5.78. The van der Waals surface area contributed by atoms with E-state index in [1.165, 1.54) is 11.1 Å². The van der Waals surface area contributed by atoms with E-state index in [0.29, 0.717) is 25.5 Å². The van der Waals surface area contributed by atoms with Gasteiger partial charge >= 0.3 is 5.97 Å². The molecule has 0 spiro atoms. The van der Waals surface area contributed by atoms with E-state index in [0.717, 1.165) is 6.42 Å². The normalized spacial score (nSPS) is 19.6. The molecule has 110 valence electrons. The Kier molecular flexibility index (Phi) is 5.15. The number of carboxylic acids is 1. The van der Waals surface area contributed by atoms with Gasteiger partial charge in [-0.15, -0.1) is 0 Å². The van der Waals surface area contributed by atoms with Crippen LogP contribution in [0.3, 0.4) is 0 Å². The van der Waals surface area contributed by atoms with E-state index in [1.807, 2.05) is 26.0 Å². The van der Waals surface area contributed by atoms with Crippen molar-refractivity contribution in [2.75, 3.05) is 13.2 Å². The minimum absolute atomic E-state index is 0.0473. The highest BCUT2D eigenvalue weighted by atomic mass is 16.5. The number of fused-ring (bicyclic) bond motifs is 1. The van der Waals surface area contributed by atoms with Crippen LogP contribution in [-0.4, -0.2) is 30.3 Å². The fourth-order valence-corrected chi connectivity index (χ4v) is 2.64. The number of hydrogen-bond acceptors (Lipinski definition) is 3. The largest absolute Gasteiger partial charge is 0.480 e. The Bertz CT molecular complexity index is 459. The molecular formula is C16H23NO3. The van der Waals surface area contributed by atoms with Crippen LogP contribution in [0.4, 0.5) is 0 Å². The highest BCUT2D eigenvalue weighted by molar-refractivity contribution is 5.73. The molecule has 1 heterocycles. The molecule has 0 bridgehead atoms. The van der Waals surface area contributed by atoms with Gasteiger partial charge in [0, 0.05) is 6.54 Å². The smallest absolute Gasteiger partial charge is 0.320 e. The molecular weight excluding hydrogens is 254 g/mol. The second-order valence-corrected chi connectivity index (χ2v) is 5.74.